The average molecular weight is 228 g/mol. The molecule has 0 saturated carbocycles. The molecule has 1 fully saturated rings. The van der Waals surface area contributed by atoms with Crippen LogP contribution in [-0.4, -0.2) is 48.2 Å². The van der Waals surface area contributed by atoms with E-state index in [2.05, 4.69) is 17.1 Å². The summed E-state index contributed by atoms with van der Waals surface area (Å²) in [7, 11) is 0. The van der Waals surface area contributed by atoms with Gasteiger partial charge in [0.1, 0.15) is 0 Å². The van der Waals surface area contributed by atoms with Crippen molar-refractivity contribution >= 4 is 5.97 Å². The summed E-state index contributed by atoms with van der Waals surface area (Å²) in [5.41, 5.74) is 0. The van der Waals surface area contributed by atoms with Crippen molar-refractivity contribution in [3.63, 3.8) is 0 Å². The molecule has 1 rings (SSSR count). The highest BCUT2D eigenvalue weighted by Crippen LogP contribution is 2.09. The minimum Gasteiger partial charge on any atom is -0.481 e. The molecule has 0 aromatic carbocycles. The van der Waals surface area contributed by atoms with Gasteiger partial charge in [-0.25, -0.2) is 0 Å². The highest BCUT2D eigenvalue weighted by Gasteiger charge is 2.20. The van der Waals surface area contributed by atoms with Gasteiger partial charge in [-0.05, 0) is 32.4 Å². The Labute approximate surface area is 98.0 Å². The van der Waals surface area contributed by atoms with E-state index in [0.29, 0.717) is 12.6 Å². The zero-order chi connectivity index (χ0) is 12.0. The van der Waals surface area contributed by atoms with Gasteiger partial charge < -0.3 is 15.3 Å². The Morgan fingerprint density at radius 2 is 2.38 bits per heavy atom. The van der Waals surface area contributed by atoms with Crippen LogP contribution in [-0.2, 0) is 4.79 Å². The van der Waals surface area contributed by atoms with Crippen LogP contribution in [0.4, 0.5) is 0 Å². The number of aliphatic carboxylic acids is 1. The van der Waals surface area contributed by atoms with E-state index >= 15 is 0 Å². The molecule has 0 amide bonds. The van der Waals surface area contributed by atoms with Crippen molar-refractivity contribution in [3.8, 4) is 0 Å². The molecule has 4 nitrogen and oxygen atoms in total. The van der Waals surface area contributed by atoms with Gasteiger partial charge in [0.15, 0.2) is 0 Å². The summed E-state index contributed by atoms with van der Waals surface area (Å²) < 4.78 is 0. The molecule has 0 aromatic rings. The highest BCUT2D eigenvalue weighted by molar-refractivity contribution is 5.69. The van der Waals surface area contributed by atoms with Gasteiger partial charge in [-0.15, -0.1) is 0 Å². The Balaban J connectivity index is 2.36. The molecule has 4 heteroatoms. The van der Waals surface area contributed by atoms with Crippen LogP contribution in [0.1, 0.15) is 33.1 Å². The summed E-state index contributed by atoms with van der Waals surface area (Å²) in [5, 5.41) is 12.4. The Bertz CT molecular complexity index is 215. The van der Waals surface area contributed by atoms with Gasteiger partial charge in [-0.3, -0.25) is 4.79 Å². The number of hydrogen-bond acceptors (Lipinski definition) is 3. The first kappa shape index (κ1) is 13.5. The molecule has 2 unspecified atom stereocenters. The van der Waals surface area contributed by atoms with E-state index in [0.717, 1.165) is 26.1 Å². The second-order valence-electron chi connectivity index (χ2n) is 4.79. The normalized spacial score (nSPS) is 22.6. The molecule has 1 saturated heterocycles. The topological polar surface area (TPSA) is 52.6 Å². The molecule has 0 bridgehead atoms. The molecule has 2 N–H and O–H groups in total. The molecular formula is C12H24N2O2. The maximum Gasteiger partial charge on any atom is 0.307 e. The number of carbonyl (C=O) groups is 1. The molecule has 1 aliphatic rings. The summed E-state index contributed by atoms with van der Waals surface area (Å²) in [5.74, 6) is -0.964. The number of nitrogens with zero attached hydrogens (tertiary/aromatic N) is 1. The lowest BCUT2D eigenvalue weighted by atomic mass is 10.1. The number of carboxylic acid groups (broad SMARTS) is 1. The first-order chi connectivity index (χ1) is 7.63. The lowest BCUT2D eigenvalue weighted by molar-refractivity contribution is -0.141. The van der Waals surface area contributed by atoms with Crippen molar-refractivity contribution in [2.24, 2.45) is 5.92 Å². The van der Waals surface area contributed by atoms with Crippen LogP contribution in [0, 0.1) is 5.92 Å². The van der Waals surface area contributed by atoms with Crippen LogP contribution >= 0.6 is 0 Å². The predicted molar refractivity (Wildman–Crippen MR) is 64.6 cm³/mol. The SMILES string of the molecule is CCCN(CC1CCCN1)CC(C)C(=O)O. The fourth-order valence-corrected chi connectivity index (χ4v) is 2.26. The van der Waals surface area contributed by atoms with E-state index < -0.39 is 5.97 Å². The maximum absolute atomic E-state index is 10.8. The first-order valence-corrected chi connectivity index (χ1v) is 6.32. The van der Waals surface area contributed by atoms with Crippen molar-refractivity contribution in [2.45, 2.75) is 39.2 Å². The third-order valence-corrected chi connectivity index (χ3v) is 3.13. The lowest BCUT2D eigenvalue weighted by Gasteiger charge is -2.26. The monoisotopic (exact) mass is 228 g/mol. The third-order valence-electron chi connectivity index (χ3n) is 3.13. The molecule has 0 radical (unpaired) electrons. The Morgan fingerprint density at radius 3 is 2.88 bits per heavy atom. The van der Waals surface area contributed by atoms with Crippen molar-refractivity contribution < 1.29 is 9.90 Å². The van der Waals surface area contributed by atoms with Gasteiger partial charge in [-0.2, -0.15) is 0 Å². The van der Waals surface area contributed by atoms with E-state index in [1.807, 2.05) is 0 Å². The maximum atomic E-state index is 10.8. The standard InChI is InChI=1S/C12H24N2O2/c1-3-7-14(8-10(2)12(15)16)9-11-5-4-6-13-11/h10-11,13H,3-9H2,1-2H3,(H,15,16). The lowest BCUT2D eigenvalue weighted by Crippen LogP contribution is -2.41. The molecule has 94 valence electrons. The van der Waals surface area contributed by atoms with E-state index in [9.17, 15) is 4.79 Å². The molecule has 1 heterocycles. The molecule has 16 heavy (non-hydrogen) atoms. The zero-order valence-corrected chi connectivity index (χ0v) is 10.4. The number of rotatable bonds is 7. The van der Waals surface area contributed by atoms with Gasteiger partial charge in [0.05, 0.1) is 5.92 Å². The van der Waals surface area contributed by atoms with Gasteiger partial charge in [-0.1, -0.05) is 13.8 Å². The van der Waals surface area contributed by atoms with Crippen LogP contribution in [0.5, 0.6) is 0 Å². The first-order valence-electron chi connectivity index (χ1n) is 6.32. The number of hydrogen-bond donors (Lipinski definition) is 2. The van der Waals surface area contributed by atoms with Gasteiger partial charge in [0, 0.05) is 19.1 Å². The van der Waals surface area contributed by atoms with Crippen LogP contribution in [0.3, 0.4) is 0 Å². The third kappa shape index (κ3) is 4.49. The van der Waals surface area contributed by atoms with E-state index in [4.69, 9.17) is 5.11 Å². The van der Waals surface area contributed by atoms with E-state index in [-0.39, 0.29) is 5.92 Å². The fourth-order valence-electron chi connectivity index (χ4n) is 2.26. The van der Waals surface area contributed by atoms with Crippen molar-refractivity contribution in [1.82, 2.24) is 10.2 Å². The molecule has 2 atom stereocenters. The summed E-state index contributed by atoms with van der Waals surface area (Å²) in [6, 6.07) is 0.563. The largest absolute Gasteiger partial charge is 0.481 e. The molecular weight excluding hydrogens is 204 g/mol. The smallest absolute Gasteiger partial charge is 0.307 e. The van der Waals surface area contributed by atoms with Crippen LogP contribution < -0.4 is 5.32 Å². The van der Waals surface area contributed by atoms with Crippen LogP contribution in [0.15, 0.2) is 0 Å². The molecule has 0 aromatic heterocycles. The van der Waals surface area contributed by atoms with E-state index in [1.165, 1.54) is 12.8 Å². The molecule has 1 aliphatic heterocycles. The number of carboxylic acids is 1. The van der Waals surface area contributed by atoms with E-state index in [1.54, 1.807) is 6.92 Å². The predicted octanol–water partition coefficient (Wildman–Crippen LogP) is 1.17. The van der Waals surface area contributed by atoms with Crippen molar-refractivity contribution in [1.29, 1.82) is 0 Å². The minimum absolute atomic E-state index is 0.270. The fraction of sp³-hybridized carbons (Fsp3) is 0.917. The zero-order valence-electron chi connectivity index (χ0n) is 10.4. The van der Waals surface area contributed by atoms with Gasteiger partial charge >= 0.3 is 5.97 Å². The minimum atomic E-state index is -0.694. The van der Waals surface area contributed by atoms with Gasteiger partial charge in [0.2, 0.25) is 0 Å². The Kier molecular flexibility index (Phi) is 5.77. The Hall–Kier alpha value is -0.610. The molecule has 0 aliphatic carbocycles. The second kappa shape index (κ2) is 6.86. The average Bonchev–Trinajstić information content (AvgIpc) is 2.70. The molecule has 0 spiro atoms. The Morgan fingerprint density at radius 1 is 1.62 bits per heavy atom. The van der Waals surface area contributed by atoms with Crippen molar-refractivity contribution in [2.75, 3.05) is 26.2 Å². The number of nitrogens with one attached hydrogen (secondary N) is 1. The summed E-state index contributed by atoms with van der Waals surface area (Å²) in [6.45, 7) is 7.69. The summed E-state index contributed by atoms with van der Waals surface area (Å²) in [4.78, 5) is 13.1. The van der Waals surface area contributed by atoms with Crippen LogP contribution in [0.25, 0.3) is 0 Å². The summed E-state index contributed by atoms with van der Waals surface area (Å²) >= 11 is 0. The van der Waals surface area contributed by atoms with Gasteiger partial charge in [0.25, 0.3) is 0 Å². The van der Waals surface area contributed by atoms with Crippen LogP contribution in [0.2, 0.25) is 0 Å². The van der Waals surface area contributed by atoms with Crippen molar-refractivity contribution in [3.05, 3.63) is 0 Å². The quantitative estimate of drug-likeness (QED) is 0.687. The highest BCUT2D eigenvalue weighted by atomic mass is 16.4. The second-order valence-corrected chi connectivity index (χ2v) is 4.79. The summed E-state index contributed by atoms with van der Waals surface area (Å²) in [6.07, 6.45) is 3.56.